The number of nitrogens with zero attached hydrogens (tertiary/aromatic N) is 1. The number of anilines is 1. The first-order chi connectivity index (χ1) is 12.6. The van der Waals surface area contributed by atoms with Crippen molar-refractivity contribution in [1.29, 1.82) is 0 Å². The van der Waals surface area contributed by atoms with Gasteiger partial charge in [-0.3, -0.25) is 9.59 Å². The van der Waals surface area contributed by atoms with Gasteiger partial charge in [-0.2, -0.15) is 0 Å². The monoisotopic (exact) mass is 369 g/mol. The number of nitrogens with one attached hydrogen (secondary N) is 2. The molecule has 3 rings (SSSR count). The van der Waals surface area contributed by atoms with E-state index in [1.165, 1.54) is 11.8 Å². The number of hydrogen-bond acceptors (Lipinski definition) is 5. The Morgan fingerprint density at radius 2 is 1.96 bits per heavy atom. The molecule has 0 saturated heterocycles. The van der Waals surface area contributed by atoms with Crippen LogP contribution in [-0.4, -0.2) is 27.7 Å². The first-order valence-corrected chi connectivity index (χ1v) is 9.14. The maximum atomic E-state index is 12.4. The van der Waals surface area contributed by atoms with E-state index in [9.17, 15) is 9.59 Å². The fourth-order valence-corrected chi connectivity index (χ4v) is 3.19. The number of carbonyl (C=O) groups excluding carboxylic acids is 1. The van der Waals surface area contributed by atoms with Gasteiger partial charge in [0.2, 0.25) is 5.91 Å². The van der Waals surface area contributed by atoms with Crippen LogP contribution in [0.25, 0.3) is 10.9 Å². The van der Waals surface area contributed by atoms with E-state index in [1.54, 1.807) is 49.4 Å². The van der Waals surface area contributed by atoms with Gasteiger partial charge in [0.15, 0.2) is 5.16 Å². The Bertz CT molecular complexity index is 970. The fraction of sp³-hybridized carbons (Fsp3) is 0.211. The average molecular weight is 369 g/mol. The highest BCUT2D eigenvalue weighted by molar-refractivity contribution is 8.00. The summed E-state index contributed by atoms with van der Waals surface area (Å²) in [6.07, 6.45) is 0. The van der Waals surface area contributed by atoms with Crippen molar-refractivity contribution in [3.8, 4) is 5.75 Å². The van der Waals surface area contributed by atoms with Gasteiger partial charge in [0.05, 0.1) is 22.8 Å². The van der Waals surface area contributed by atoms with Crippen LogP contribution < -0.4 is 15.6 Å². The summed E-state index contributed by atoms with van der Waals surface area (Å²) in [6.45, 7) is 4.28. The van der Waals surface area contributed by atoms with Crippen molar-refractivity contribution < 1.29 is 9.53 Å². The molecule has 2 N–H and O–H groups in total. The number of H-pyrrole nitrogens is 1. The summed E-state index contributed by atoms with van der Waals surface area (Å²) in [5.74, 6) is 0.584. The van der Waals surface area contributed by atoms with Crippen molar-refractivity contribution in [2.24, 2.45) is 0 Å². The van der Waals surface area contributed by atoms with E-state index in [0.29, 0.717) is 28.4 Å². The summed E-state index contributed by atoms with van der Waals surface area (Å²) in [5, 5.41) is 3.37. The van der Waals surface area contributed by atoms with E-state index in [4.69, 9.17) is 4.74 Å². The van der Waals surface area contributed by atoms with Gasteiger partial charge in [-0.05, 0) is 50.2 Å². The lowest BCUT2D eigenvalue weighted by atomic mass is 10.2. The van der Waals surface area contributed by atoms with Crippen molar-refractivity contribution in [3.05, 3.63) is 58.9 Å². The molecule has 1 heterocycles. The molecular weight excluding hydrogens is 350 g/mol. The second-order valence-corrected chi connectivity index (χ2v) is 6.92. The van der Waals surface area contributed by atoms with Crippen molar-refractivity contribution in [2.45, 2.75) is 24.3 Å². The Morgan fingerprint density at radius 3 is 2.69 bits per heavy atom. The average Bonchev–Trinajstić information content (AvgIpc) is 2.63. The second-order valence-electron chi connectivity index (χ2n) is 5.59. The molecule has 26 heavy (non-hydrogen) atoms. The molecular formula is C19H19N3O3S. The zero-order valence-corrected chi connectivity index (χ0v) is 15.3. The van der Waals surface area contributed by atoms with Gasteiger partial charge in [-0.1, -0.05) is 23.9 Å². The zero-order valence-electron chi connectivity index (χ0n) is 14.5. The summed E-state index contributed by atoms with van der Waals surface area (Å²) < 4.78 is 5.38. The largest absolute Gasteiger partial charge is 0.494 e. The Balaban J connectivity index is 1.68. The van der Waals surface area contributed by atoms with E-state index < -0.39 is 5.25 Å². The van der Waals surface area contributed by atoms with Gasteiger partial charge >= 0.3 is 0 Å². The van der Waals surface area contributed by atoms with E-state index in [0.717, 1.165) is 5.75 Å². The molecule has 6 nitrogen and oxygen atoms in total. The third-order valence-electron chi connectivity index (χ3n) is 3.68. The van der Waals surface area contributed by atoms with Gasteiger partial charge in [-0.25, -0.2) is 4.98 Å². The van der Waals surface area contributed by atoms with Crippen molar-refractivity contribution >= 4 is 34.3 Å². The molecule has 2 aromatic carbocycles. The molecule has 1 atom stereocenters. The maximum Gasteiger partial charge on any atom is 0.259 e. The Hall–Kier alpha value is -2.80. The molecule has 134 valence electrons. The Labute approximate surface area is 155 Å². The van der Waals surface area contributed by atoms with Gasteiger partial charge in [-0.15, -0.1) is 0 Å². The number of fused-ring (bicyclic) bond motifs is 1. The SMILES string of the molecule is CCOc1ccc(NC(=O)[C@@H](C)Sc2nc3ccccc3c(=O)[nH]2)cc1. The van der Waals surface area contributed by atoms with Gasteiger partial charge < -0.3 is 15.0 Å². The number of para-hydroxylation sites is 1. The third kappa shape index (κ3) is 4.23. The lowest BCUT2D eigenvalue weighted by Crippen LogP contribution is -2.23. The molecule has 0 aliphatic carbocycles. The summed E-state index contributed by atoms with van der Waals surface area (Å²) in [7, 11) is 0. The fourth-order valence-electron chi connectivity index (χ4n) is 2.39. The zero-order chi connectivity index (χ0) is 18.5. The van der Waals surface area contributed by atoms with E-state index in [2.05, 4.69) is 15.3 Å². The van der Waals surface area contributed by atoms with Crippen LogP contribution in [0.3, 0.4) is 0 Å². The minimum absolute atomic E-state index is 0.171. The lowest BCUT2D eigenvalue weighted by Gasteiger charge is -2.12. The highest BCUT2D eigenvalue weighted by atomic mass is 32.2. The van der Waals surface area contributed by atoms with Gasteiger partial charge in [0.25, 0.3) is 5.56 Å². The smallest absolute Gasteiger partial charge is 0.259 e. The van der Waals surface area contributed by atoms with Crippen LogP contribution >= 0.6 is 11.8 Å². The van der Waals surface area contributed by atoms with E-state index in [-0.39, 0.29) is 11.5 Å². The first-order valence-electron chi connectivity index (χ1n) is 8.26. The van der Waals surface area contributed by atoms with Crippen LogP contribution in [0.5, 0.6) is 5.75 Å². The van der Waals surface area contributed by atoms with Crippen LogP contribution in [0.1, 0.15) is 13.8 Å². The molecule has 0 spiro atoms. The molecule has 0 aliphatic rings. The molecule has 0 bridgehead atoms. The predicted octanol–water partition coefficient (Wildman–Crippen LogP) is 3.44. The van der Waals surface area contributed by atoms with Crippen molar-refractivity contribution in [1.82, 2.24) is 9.97 Å². The number of rotatable bonds is 6. The topological polar surface area (TPSA) is 84.1 Å². The minimum atomic E-state index is -0.425. The van der Waals surface area contributed by atoms with Crippen LogP contribution in [0.2, 0.25) is 0 Å². The van der Waals surface area contributed by atoms with E-state index in [1.807, 2.05) is 13.0 Å². The Morgan fingerprint density at radius 1 is 1.23 bits per heavy atom. The second kappa shape index (κ2) is 8.05. The Kier molecular flexibility index (Phi) is 5.58. The van der Waals surface area contributed by atoms with E-state index >= 15 is 0 Å². The number of benzene rings is 2. The molecule has 0 aliphatic heterocycles. The number of hydrogen-bond donors (Lipinski definition) is 2. The predicted molar refractivity (Wildman–Crippen MR) is 104 cm³/mol. The van der Waals surface area contributed by atoms with Crippen LogP contribution in [0.4, 0.5) is 5.69 Å². The standard InChI is InChI=1S/C19H19N3O3S/c1-3-25-14-10-8-13(9-11-14)20-17(23)12(2)26-19-21-16-7-5-4-6-15(16)18(24)22-19/h4-12H,3H2,1-2H3,(H,20,23)(H,21,22,24)/t12-/m1/s1. The third-order valence-corrected chi connectivity index (χ3v) is 4.67. The first kappa shape index (κ1) is 18.0. The highest BCUT2D eigenvalue weighted by Gasteiger charge is 2.16. The van der Waals surface area contributed by atoms with Crippen molar-refractivity contribution in [2.75, 3.05) is 11.9 Å². The number of aromatic nitrogens is 2. The molecule has 0 fully saturated rings. The van der Waals surface area contributed by atoms with Crippen molar-refractivity contribution in [3.63, 3.8) is 0 Å². The molecule has 3 aromatic rings. The number of aromatic amines is 1. The molecule has 0 unspecified atom stereocenters. The molecule has 0 saturated carbocycles. The molecule has 7 heteroatoms. The number of ether oxygens (including phenoxy) is 1. The normalized spacial score (nSPS) is 11.9. The lowest BCUT2D eigenvalue weighted by molar-refractivity contribution is -0.115. The van der Waals surface area contributed by atoms with Crippen LogP contribution in [0, 0.1) is 0 Å². The molecule has 0 radical (unpaired) electrons. The molecule has 1 amide bonds. The molecule has 1 aromatic heterocycles. The summed E-state index contributed by atoms with van der Waals surface area (Å²) in [4.78, 5) is 31.6. The quantitative estimate of drug-likeness (QED) is 0.514. The van der Waals surface area contributed by atoms with Gasteiger partial charge in [0.1, 0.15) is 5.75 Å². The van der Waals surface area contributed by atoms with Gasteiger partial charge in [0, 0.05) is 5.69 Å². The summed E-state index contributed by atoms with van der Waals surface area (Å²) >= 11 is 1.21. The van der Waals surface area contributed by atoms with Crippen LogP contribution in [0.15, 0.2) is 58.5 Å². The number of carbonyl (C=O) groups is 1. The summed E-state index contributed by atoms with van der Waals surface area (Å²) in [5.41, 5.74) is 1.08. The maximum absolute atomic E-state index is 12.4. The van der Waals surface area contributed by atoms with Crippen LogP contribution in [-0.2, 0) is 4.79 Å². The highest BCUT2D eigenvalue weighted by Crippen LogP contribution is 2.22. The minimum Gasteiger partial charge on any atom is -0.494 e. The summed E-state index contributed by atoms with van der Waals surface area (Å²) in [6, 6.07) is 14.3. The number of thioether (sulfide) groups is 1. The number of amides is 1.